The van der Waals surface area contributed by atoms with Crippen LogP contribution in [0, 0.1) is 6.92 Å². The number of anilines is 2. The number of benzene rings is 2. The Balaban J connectivity index is 1.43. The van der Waals surface area contributed by atoms with Crippen molar-refractivity contribution in [3.8, 4) is 0 Å². The fraction of sp³-hybridized carbons (Fsp3) is 0.269. The molecule has 0 unspecified atom stereocenters. The molecule has 0 radical (unpaired) electrons. The van der Waals surface area contributed by atoms with Gasteiger partial charge in [-0.2, -0.15) is 0 Å². The Labute approximate surface area is 207 Å². The van der Waals surface area contributed by atoms with E-state index < -0.39 is 17.6 Å². The van der Waals surface area contributed by atoms with E-state index in [0.29, 0.717) is 30.4 Å². The Hall–Kier alpha value is -4.47. The topological polar surface area (TPSA) is 111 Å². The summed E-state index contributed by atoms with van der Waals surface area (Å²) in [5.41, 5.74) is 3.72. The minimum absolute atomic E-state index is 0.218. The molecule has 1 aliphatic heterocycles. The molecule has 1 amide bonds. The zero-order valence-electron chi connectivity index (χ0n) is 20.1. The Bertz CT molecular complexity index is 1520. The van der Waals surface area contributed by atoms with Crippen LogP contribution in [0.15, 0.2) is 59.4 Å². The van der Waals surface area contributed by atoms with E-state index in [1.165, 1.54) is 15.5 Å². The summed E-state index contributed by atoms with van der Waals surface area (Å²) in [5, 5.41) is 7.08. The Kier molecular flexibility index (Phi) is 6.24. The van der Waals surface area contributed by atoms with Gasteiger partial charge in [-0.3, -0.25) is 4.79 Å². The lowest BCUT2D eigenvalue weighted by atomic mass is 10.0. The van der Waals surface area contributed by atoms with Crippen LogP contribution in [0.5, 0.6) is 0 Å². The van der Waals surface area contributed by atoms with Crippen molar-refractivity contribution in [2.45, 2.75) is 33.4 Å². The smallest absolute Gasteiger partial charge is 0.353 e. The molecule has 36 heavy (non-hydrogen) atoms. The number of nitrogens with one attached hydrogen (secondary N) is 1. The second-order valence-electron chi connectivity index (χ2n) is 8.59. The number of carbonyl (C=O) groups is 2. The van der Waals surface area contributed by atoms with Crippen LogP contribution in [0.4, 0.5) is 11.6 Å². The van der Waals surface area contributed by atoms with Crippen LogP contribution < -0.4 is 15.9 Å². The van der Waals surface area contributed by atoms with Gasteiger partial charge in [0.25, 0.3) is 0 Å². The number of aromatic nitrogens is 4. The molecule has 2 aromatic heterocycles. The van der Waals surface area contributed by atoms with Crippen molar-refractivity contribution in [2.24, 2.45) is 0 Å². The highest BCUT2D eigenvalue weighted by atomic mass is 16.5. The van der Waals surface area contributed by atoms with Gasteiger partial charge in [0, 0.05) is 24.8 Å². The molecule has 1 N–H and O–H groups in total. The van der Waals surface area contributed by atoms with E-state index in [1.54, 1.807) is 37.3 Å². The largest absolute Gasteiger partial charge is 0.462 e. The van der Waals surface area contributed by atoms with Gasteiger partial charge >= 0.3 is 11.7 Å². The number of amides is 1. The molecule has 10 heteroatoms. The molecule has 5 rings (SSSR count). The minimum Gasteiger partial charge on any atom is -0.462 e. The SMILES string of the molecule is CCOC(=O)c1ccccc1NC(=O)Cn1nc2cc(C)nc(N3CCc4ccccc4C3)n2c1=O. The van der Waals surface area contributed by atoms with E-state index in [-0.39, 0.29) is 18.7 Å². The molecular formula is C26H26N6O4. The number of rotatable bonds is 6. The summed E-state index contributed by atoms with van der Waals surface area (Å²) in [5.74, 6) is -0.521. The zero-order valence-corrected chi connectivity index (χ0v) is 20.1. The number of aryl methyl sites for hydroxylation is 1. The summed E-state index contributed by atoms with van der Waals surface area (Å²) < 4.78 is 7.62. The van der Waals surface area contributed by atoms with Crippen molar-refractivity contribution >= 4 is 29.2 Å². The van der Waals surface area contributed by atoms with Crippen molar-refractivity contribution < 1.29 is 14.3 Å². The van der Waals surface area contributed by atoms with Gasteiger partial charge in [-0.1, -0.05) is 36.4 Å². The maximum Gasteiger partial charge on any atom is 0.353 e. The molecule has 0 fully saturated rings. The number of para-hydroxylation sites is 1. The molecule has 0 atom stereocenters. The van der Waals surface area contributed by atoms with Crippen LogP contribution in [0.1, 0.15) is 34.1 Å². The molecule has 3 heterocycles. The number of fused-ring (bicyclic) bond motifs is 2. The maximum atomic E-state index is 13.3. The molecule has 4 aromatic rings. The van der Waals surface area contributed by atoms with Crippen molar-refractivity contribution in [1.29, 1.82) is 0 Å². The first-order chi connectivity index (χ1) is 17.4. The number of hydrogen-bond donors (Lipinski definition) is 1. The third kappa shape index (κ3) is 4.45. The Morgan fingerprint density at radius 1 is 1.08 bits per heavy atom. The van der Waals surface area contributed by atoms with Crippen molar-refractivity contribution in [2.75, 3.05) is 23.4 Å². The van der Waals surface area contributed by atoms with Gasteiger partial charge in [-0.05, 0) is 43.5 Å². The van der Waals surface area contributed by atoms with E-state index in [1.807, 2.05) is 19.1 Å². The van der Waals surface area contributed by atoms with Gasteiger partial charge in [-0.25, -0.2) is 23.7 Å². The molecule has 0 saturated heterocycles. The number of carbonyl (C=O) groups excluding carboxylic acids is 2. The zero-order chi connectivity index (χ0) is 25.2. The van der Waals surface area contributed by atoms with E-state index in [9.17, 15) is 14.4 Å². The average molecular weight is 487 g/mol. The molecule has 1 aliphatic rings. The third-order valence-electron chi connectivity index (χ3n) is 6.08. The minimum atomic E-state index is -0.535. The van der Waals surface area contributed by atoms with Crippen LogP contribution in [0.25, 0.3) is 5.65 Å². The number of nitrogens with zero attached hydrogens (tertiary/aromatic N) is 5. The first-order valence-electron chi connectivity index (χ1n) is 11.8. The normalized spacial score (nSPS) is 12.9. The molecular weight excluding hydrogens is 460 g/mol. The standard InChI is InChI=1S/C26H26N6O4/c1-3-36-24(34)20-10-6-7-11-21(20)28-23(33)16-31-26(35)32-22(29-31)14-17(2)27-25(32)30-13-12-18-8-4-5-9-19(18)15-30/h4-11,14H,3,12-13,15-16H2,1-2H3,(H,28,33). The second-order valence-corrected chi connectivity index (χ2v) is 8.59. The third-order valence-corrected chi connectivity index (χ3v) is 6.08. The summed E-state index contributed by atoms with van der Waals surface area (Å²) >= 11 is 0. The van der Waals surface area contributed by atoms with Crippen molar-refractivity contribution in [3.05, 3.63) is 87.5 Å². The summed E-state index contributed by atoms with van der Waals surface area (Å²) in [6, 6.07) is 16.5. The van der Waals surface area contributed by atoms with E-state index in [2.05, 4.69) is 32.4 Å². The van der Waals surface area contributed by atoms with Gasteiger partial charge < -0.3 is 15.0 Å². The Morgan fingerprint density at radius 3 is 2.64 bits per heavy atom. The first-order valence-corrected chi connectivity index (χ1v) is 11.8. The highest BCUT2D eigenvalue weighted by molar-refractivity contribution is 6.01. The van der Waals surface area contributed by atoms with Gasteiger partial charge in [0.15, 0.2) is 5.65 Å². The average Bonchev–Trinajstić information content (AvgIpc) is 3.18. The van der Waals surface area contributed by atoms with Crippen molar-refractivity contribution in [1.82, 2.24) is 19.2 Å². The highest BCUT2D eigenvalue weighted by Crippen LogP contribution is 2.23. The Morgan fingerprint density at radius 2 is 1.83 bits per heavy atom. The maximum absolute atomic E-state index is 13.3. The van der Waals surface area contributed by atoms with E-state index in [4.69, 9.17) is 4.74 Å². The van der Waals surface area contributed by atoms with Crippen LogP contribution in [-0.4, -0.2) is 44.2 Å². The summed E-state index contributed by atoms with van der Waals surface area (Å²) in [6.45, 7) is 4.80. The van der Waals surface area contributed by atoms with Crippen LogP contribution >= 0.6 is 0 Å². The van der Waals surface area contributed by atoms with Gasteiger partial charge in [-0.15, -0.1) is 5.10 Å². The predicted octanol–water partition coefficient (Wildman–Crippen LogP) is 2.58. The van der Waals surface area contributed by atoms with Gasteiger partial charge in [0.2, 0.25) is 11.9 Å². The van der Waals surface area contributed by atoms with E-state index in [0.717, 1.165) is 16.8 Å². The lowest BCUT2D eigenvalue weighted by Crippen LogP contribution is -2.35. The quantitative estimate of drug-likeness (QED) is 0.417. The monoisotopic (exact) mass is 486 g/mol. The van der Waals surface area contributed by atoms with Crippen LogP contribution in [0.2, 0.25) is 0 Å². The summed E-state index contributed by atoms with van der Waals surface area (Å²) in [4.78, 5) is 45.1. The lowest BCUT2D eigenvalue weighted by molar-refractivity contribution is -0.117. The fourth-order valence-electron chi connectivity index (χ4n) is 4.42. The molecule has 0 saturated carbocycles. The molecule has 10 nitrogen and oxygen atoms in total. The molecule has 2 aromatic carbocycles. The first kappa shape index (κ1) is 23.3. The highest BCUT2D eigenvalue weighted by Gasteiger charge is 2.23. The molecule has 0 bridgehead atoms. The van der Waals surface area contributed by atoms with Crippen molar-refractivity contribution in [3.63, 3.8) is 0 Å². The molecule has 0 aliphatic carbocycles. The number of esters is 1. The summed E-state index contributed by atoms with van der Waals surface area (Å²) in [7, 11) is 0. The lowest BCUT2D eigenvalue weighted by Gasteiger charge is -2.29. The summed E-state index contributed by atoms with van der Waals surface area (Å²) in [6.07, 6.45) is 0.846. The van der Waals surface area contributed by atoms with E-state index >= 15 is 0 Å². The second kappa shape index (κ2) is 9.65. The van der Waals surface area contributed by atoms with Gasteiger partial charge in [0.1, 0.15) is 6.54 Å². The van der Waals surface area contributed by atoms with Crippen LogP contribution in [0.3, 0.4) is 0 Å². The predicted molar refractivity (Wildman–Crippen MR) is 134 cm³/mol. The number of ether oxygens (including phenoxy) is 1. The number of hydrogen-bond acceptors (Lipinski definition) is 7. The molecule has 184 valence electrons. The molecule has 0 spiro atoms. The fourth-order valence-corrected chi connectivity index (χ4v) is 4.42. The van der Waals surface area contributed by atoms with Crippen LogP contribution in [-0.2, 0) is 29.0 Å². The van der Waals surface area contributed by atoms with Gasteiger partial charge in [0.05, 0.1) is 17.9 Å².